The van der Waals surface area contributed by atoms with Crippen molar-refractivity contribution in [2.24, 2.45) is 0 Å². The number of carbonyl (C=O) groups is 1. The van der Waals surface area contributed by atoms with Crippen molar-refractivity contribution in [3.8, 4) is 0 Å². The number of aromatic nitrogens is 1. The zero-order valence-corrected chi connectivity index (χ0v) is 10.7. The van der Waals surface area contributed by atoms with E-state index in [1.807, 2.05) is 6.26 Å². The molecule has 1 aromatic heterocycles. The molecule has 1 heterocycles. The van der Waals surface area contributed by atoms with Gasteiger partial charge in [-0.25, -0.2) is 4.79 Å². The fourth-order valence-electron chi connectivity index (χ4n) is 1.72. The van der Waals surface area contributed by atoms with Gasteiger partial charge in [0.25, 0.3) is 0 Å². The van der Waals surface area contributed by atoms with Gasteiger partial charge in [-0.2, -0.15) is 11.8 Å². The number of hydrogen-bond acceptors (Lipinski definition) is 3. The SMILES string of the molecule is CSCc1cnc2ccc(Cl)cc2c1C(=O)O. The minimum atomic E-state index is -0.941. The summed E-state index contributed by atoms with van der Waals surface area (Å²) in [7, 11) is 0. The van der Waals surface area contributed by atoms with E-state index in [0.29, 0.717) is 27.2 Å². The molecule has 0 atom stereocenters. The summed E-state index contributed by atoms with van der Waals surface area (Å²) in [5.41, 5.74) is 1.67. The number of thioether (sulfide) groups is 1. The lowest BCUT2D eigenvalue weighted by molar-refractivity contribution is 0.0698. The van der Waals surface area contributed by atoms with Gasteiger partial charge in [-0.1, -0.05) is 11.6 Å². The smallest absolute Gasteiger partial charge is 0.336 e. The molecule has 3 nitrogen and oxygen atoms in total. The van der Waals surface area contributed by atoms with Crippen LogP contribution in [0.15, 0.2) is 24.4 Å². The summed E-state index contributed by atoms with van der Waals surface area (Å²) < 4.78 is 0. The van der Waals surface area contributed by atoms with Gasteiger partial charge in [-0.3, -0.25) is 4.98 Å². The molecule has 0 radical (unpaired) electrons. The van der Waals surface area contributed by atoms with Gasteiger partial charge >= 0.3 is 5.97 Å². The number of fused-ring (bicyclic) bond motifs is 1. The lowest BCUT2D eigenvalue weighted by Gasteiger charge is -2.08. The molecule has 88 valence electrons. The molecule has 0 amide bonds. The van der Waals surface area contributed by atoms with Gasteiger partial charge in [-0.15, -0.1) is 0 Å². The van der Waals surface area contributed by atoms with Gasteiger partial charge in [0.2, 0.25) is 0 Å². The lowest BCUT2D eigenvalue weighted by atomic mass is 10.0. The number of rotatable bonds is 3. The number of hydrogen-bond donors (Lipinski definition) is 1. The van der Waals surface area contributed by atoms with Gasteiger partial charge in [0, 0.05) is 22.4 Å². The van der Waals surface area contributed by atoms with Gasteiger partial charge in [0.1, 0.15) is 0 Å². The zero-order chi connectivity index (χ0) is 12.4. The van der Waals surface area contributed by atoms with Crippen molar-refractivity contribution < 1.29 is 9.90 Å². The molecule has 0 fully saturated rings. The third-order valence-electron chi connectivity index (χ3n) is 2.42. The van der Waals surface area contributed by atoms with Crippen molar-refractivity contribution in [1.82, 2.24) is 4.98 Å². The summed E-state index contributed by atoms with van der Waals surface area (Å²) >= 11 is 7.46. The fraction of sp³-hybridized carbons (Fsp3) is 0.167. The van der Waals surface area contributed by atoms with Crippen LogP contribution < -0.4 is 0 Å². The Kier molecular flexibility index (Phi) is 3.54. The summed E-state index contributed by atoms with van der Waals surface area (Å²) in [6.07, 6.45) is 3.55. The topological polar surface area (TPSA) is 50.2 Å². The standard InChI is InChI=1S/C12H10ClNO2S/c1-17-6-7-5-14-10-3-2-8(13)4-9(10)11(7)12(15)16/h2-5H,6H2,1H3,(H,15,16). The van der Waals surface area contributed by atoms with Crippen LogP contribution in [-0.2, 0) is 5.75 Å². The average molecular weight is 268 g/mol. The highest BCUT2D eigenvalue weighted by atomic mass is 35.5. The highest BCUT2D eigenvalue weighted by Gasteiger charge is 2.15. The van der Waals surface area contributed by atoms with E-state index in [4.69, 9.17) is 11.6 Å². The Morgan fingerprint density at radius 2 is 2.29 bits per heavy atom. The van der Waals surface area contributed by atoms with Crippen molar-refractivity contribution >= 4 is 40.2 Å². The molecule has 2 rings (SSSR count). The molecule has 0 aliphatic heterocycles. The Hall–Kier alpha value is -1.26. The third kappa shape index (κ3) is 2.37. The van der Waals surface area contributed by atoms with Crippen LogP contribution in [0.5, 0.6) is 0 Å². The van der Waals surface area contributed by atoms with E-state index < -0.39 is 5.97 Å². The fourth-order valence-corrected chi connectivity index (χ4v) is 2.43. The van der Waals surface area contributed by atoms with Crippen LogP contribution in [0.25, 0.3) is 10.9 Å². The summed E-state index contributed by atoms with van der Waals surface area (Å²) in [5.74, 6) is -0.319. The quantitative estimate of drug-likeness (QED) is 0.925. The van der Waals surface area contributed by atoms with Crippen LogP contribution in [0.2, 0.25) is 5.02 Å². The zero-order valence-electron chi connectivity index (χ0n) is 9.11. The van der Waals surface area contributed by atoms with E-state index >= 15 is 0 Å². The summed E-state index contributed by atoms with van der Waals surface area (Å²) in [4.78, 5) is 15.6. The summed E-state index contributed by atoms with van der Waals surface area (Å²) in [5, 5.41) is 10.4. The minimum Gasteiger partial charge on any atom is -0.478 e. The largest absolute Gasteiger partial charge is 0.478 e. The predicted molar refractivity (Wildman–Crippen MR) is 70.9 cm³/mol. The molecule has 2 aromatic rings. The number of aromatic carboxylic acids is 1. The van der Waals surface area contributed by atoms with E-state index in [-0.39, 0.29) is 0 Å². The second-order valence-electron chi connectivity index (χ2n) is 3.56. The van der Waals surface area contributed by atoms with Crippen molar-refractivity contribution in [3.05, 3.63) is 40.5 Å². The van der Waals surface area contributed by atoms with Crippen LogP contribution in [0.4, 0.5) is 0 Å². The maximum atomic E-state index is 11.3. The van der Waals surface area contributed by atoms with Gasteiger partial charge in [0.05, 0.1) is 11.1 Å². The van der Waals surface area contributed by atoms with E-state index in [1.54, 1.807) is 36.2 Å². The first kappa shape index (κ1) is 12.2. The molecule has 0 bridgehead atoms. The molecule has 17 heavy (non-hydrogen) atoms. The lowest BCUT2D eigenvalue weighted by Crippen LogP contribution is -2.04. The molecule has 1 aromatic carbocycles. The molecular weight excluding hydrogens is 258 g/mol. The number of carboxylic acid groups (broad SMARTS) is 1. The van der Waals surface area contributed by atoms with E-state index in [0.717, 1.165) is 5.56 Å². The monoisotopic (exact) mass is 267 g/mol. The van der Waals surface area contributed by atoms with Crippen LogP contribution in [-0.4, -0.2) is 22.3 Å². The molecule has 0 unspecified atom stereocenters. The average Bonchev–Trinajstić information content (AvgIpc) is 2.28. The maximum Gasteiger partial charge on any atom is 0.336 e. The van der Waals surface area contributed by atoms with Gasteiger partial charge < -0.3 is 5.11 Å². The Balaban J connectivity index is 2.77. The normalized spacial score (nSPS) is 10.7. The molecule has 0 saturated carbocycles. The first-order valence-corrected chi connectivity index (χ1v) is 6.70. The number of pyridine rings is 1. The third-order valence-corrected chi connectivity index (χ3v) is 3.26. The van der Waals surface area contributed by atoms with Crippen LogP contribution in [0.1, 0.15) is 15.9 Å². The van der Waals surface area contributed by atoms with Crippen LogP contribution in [0, 0.1) is 0 Å². The van der Waals surface area contributed by atoms with Gasteiger partial charge in [-0.05, 0) is 30.0 Å². The molecule has 5 heteroatoms. The van der Waals surface area contributed by atoms with E-state index in [9.17, 15) is 9.90 Å². The van der Waals surface area contributed by atoms with Crippen molar-refractivity contribution in [1.29, 1.82) is 0 Å². The Morgan fingerprint density at radius 3 is 2.94 bits per heavy atom. The minimum absolute atomic E-state index is 0.298. The maximum absolute atomic E-state index is 11.3. The molecular formula is C12H10ClNO2S. The first-order chi connectivity index (χ1) is 8.13. The molecule has 0 spiro atoms. The molecule has 0 aliphatic carbocycles. The Labute approximate surface area is 108 Å². The predicted octanol–water partition coefficient (Wildman–Crippen LogP) is 3.45. The summed E-state index contributed by atoms with van der Waals surface area (Å²) in [6, 6.07) is 5.08. The first-order valence-electron chi connectivity index (χ1n) is 4.93. The highest BCUT2D eigenvalue weighted by molar-refractivity contribution is 7.97. The number of carboxylic acids is 1. The Morgan fingerprint density at radius 1 is 1.53 bits per heavy atom. The van der Waals surface area contributed by atoms with Crippen molar-refractivity contribution in [2.75, 3.05) is 6.26 Å². The van der Waals surface area contributed by atoms with E-state index in [1.165, 1.54) is 0 Å². The highest BCUT2D eigenvalue weighted by Crippen LogP contribution is 2.25. The van der Waals surface area contributed by atoms with E-state index in [2.05, 4.69) is 4.98 Å². The molecule has 0 aliphatic rings. The van der Waals surface area contributed by atoms with Crippen LogP contribution >= 0.6 is 23.4 Å². The van der Waals surface area contributed by atoms with Crippen LogP contribution in [0.3, 0.4) is 0 Å². The second kappa shape index (κ2) is 4.94. The molecule has 0 saturated heterocycles. The van der Waals surface area contributed by atoms with Crippen molar-refractivity contribution in [3.63, 3.8) is 0 Å². The number of nitrogens with zero attached hydrogens (tertiary/aromatic N) is 1. The summed E-state index contributed by atoms with van der Waals surface area (Å²) in [6.45, 7) is 0. The molecule has 1 N–H and O–H groups in total. The second-order valence-corrected chi connectivity index (χ2v) is 4.86. The Bertz CT molecular complexity index is 586. The number of halogens is 1. The van der Waals surface area contributed by atoms with Crippen molar-refractivity contribution in [2.45, 2.75) is 5.75 Å². The van der Waals surface area contributed by atoms with Gasteiger partial charge in [0.15, 0.2) is 0 Å². The number of benzene rings is 1.